The molecule has 0 amide bonds. The molecule has 0 N–H and O–H groups in total. The Morgan fingerprint density at radius 2 is 2.00 bits per heavy atom. The van der Waals surface area contributed by atoms with Crippen LogP contribution in [-0.2, 0) is 4.79 Å². The van der Waals surface area contributed by atoms with Crippen LogP contribution in [0.1, 0.15) is 33.2 Å². The van der Waals surface area contributed by atoms with Gasteiger partial charge < -0.3 is 4.74 Å². The van der Waals surface area contributed by atoms with Gasteiger partial charge in [0.15, 0.2) is 5.78 Å². The predicted molar refractivity (Wildman–Crippen MR) is 80.1 cm³/mol. The monoisotopic (exact) mass is 287 g/mol. The van der Waals surface area contributed by atoms with Gasteiger partial charge in [0.2, 0.25) is 0 Å². The van der Waals surface area contributed by atoms with E-state index in [9.17, 15) is 4.79 Å². The number of benzene rings is 1. The Bertz CT molecular complexity index is 559. The number of hydrogen-bond donors (Lipinski definition) is 0. The average Bonchev–Trinajstić information content (AvgIpc) is 2.97. The first-order valence-corrected chi connectivity index (χ1v) is 7.05. The average molecular weight is 287 g/mol. The molecular formula is C16H21N3O2. The molecule has 1 aromatic carbocycles. The van der Waals surface area contributed by atoms with E-state index in [-0.39, 0.29) is 11.8 Å². The summed E-state index contributed by atoms with van der Waals surface area (Å²) in [6, 6.07) is 9.23. The number of carbonyl (C=O) groups excluding carboxylic acids is 1. The molecule has 0 bridgehead atoms. The largest absolute Gasteiger partial charge is 0.494 e. The zero-order chi connectivity index (χ0) is 15.3. The number of para-hydroxylation sites is 1. The second-order valence-electron chi connectivity index (χ2n) is 5.96. The van der Waals surface area contributed by atoms with Crippen molar-refractivity contribution in [2.45, 2.75) is 33.2 Å². The highest BCUT2D eigenvalue weighted by atomic mass is 16.5. The Morgan fingerprint density at radius 1 is 1.29 bits per heavy atom. The molecule has 1 aromatic heterocycles. The van der Waals surface area contributed by atoms with Gasteiger partial charge in [-0.15, -0.1) is 0 Å². The number of hydrogen-bond acceptors (Lipinski definition) is 4. The number of nitrogens with zero attached hydrogens (tertiary/aromatic N) is 3. The molecule has 1 unspecified atom stereocenters. The summed E-state index contributed by atoms with van der Waals surface area (Å²) in [6.07, 6.45) is 3.59. The second kappa shape index (κ2) is 6.52. The number of Topliss-reactive ketones (excluding diaryl/α,β-unsaturated/α-hetero) is 1. The number of ether oxygens (including phenoxy) is 1. The van der Waals surface area contributed by atoms with Crippen molar-refractivity contribution in [2.75, 3.05) is 6.61 Å². The molecule has 1 heterocycles. The van der Waals surface area contributed by atoms with Gasteiger partial charge in [-0.1, -0.05) is 39.0 Å². The van der Waals surface area contributed by atoms with Gasteiger partial charge in [-0.25, -0.2) is 9.67 Å². The van der Waals surface area contributed by atoms with Crippen molar-refractivity contribution in [1.29, 1.82) is 0 Å². The minimum atomic E-state index is -0.427. The fourth-order valence-corrected chi connectivity index (χ4v) is 2.07. The maximum absolute atomic E-state index is 12.6. The zero-order valence-corrected chi connectivity index (χ0v) is 12.7. The molecule has 0 aliphatic rings. The number of aromatic nitrogens is 3. The van der Waals surface area contributed by atoms with E-state index in [4.69, 9.17) is 4.74 Å². The van der Waals surface area contributed by atoms with Gasteiger partial charge in [0.25, 0.3) is 0 Å². The van der Waals surface area contributed by atoms with E-state index >= 15 is 0 Å². The van der Waals surface area contributed by atoms with Crippen LogP contribution in [0.15, 0.2) is 43.0 Å². The van der Waals surface area contributed by atoms with Crippen LogP contribution in [0.4, 0.5) is 0 Å². The highest BCUT2D eigenvalue weighted by molar-refractivity contribution is 5.87. The Morgan fingerprint density at radius 3 is 2.57 bits per heavy atom. The molecule has 5 heteroatoms. The van der Waals surface area contributed by atoms with E-state index in [2.05, 4.69) is 10.1 Å². The lowest BCUT2D eigenvalue weighted by atomic mass is 9.85. The standard InChI is InChI=1S/C16H21N3O2/c1-16(2,3)15(20)14(19-12-17-11-18-19)9-10-21-13-7-5-4-6-8-13/h4-8,11-12,14H,9-10H2,1-3H3. The molecule has 2 aromatic rings. The van der Waals surface area contributed by atoms with E-state index in [0.29, 0.717) is 13.0 Å². The molecule has 112 valence electrons. The van der Waals surface area contributed by atoms with Gasteiger partial charge in [-0.2, -0.15) is 5.10 Å². The Kier molecular flexibility index (Phi) is 4.73. The Labute approximate surface area is 125 Å². The fraction of sp³-hybridized carbons (Fsp3) is 0.438. The minimum Gasteiger partial charge on any atom is -0.494 e. The van der Waals surface area contributed by atoms with Crippen LogP contribution in [0.2, 0.25) is 0 Å². The molecule has 0 radical (unpaired) electrons. The lowest BCUT2D eigenvalue weighted by molar-refractivity contribution is -0.130. The van der Waals surface area contributed by atoms with Crippen LogP contribution in [0.25, 0.3) is 0 Å². The van der Waals surface area contributed by atoms with E-state index in [1.165, 1.54) is 6.33 Å². The van der Waals surface area contributed by atoms with Crippen molar-refractivity contribution in [2.24, 2.45) is 5.41 Å². The number of ketones is 1. The normalized spacial score (nSPS) is 12.9. The van der Waals surface area contributed by atoms with Gasteiger partial charge >= 0.3 is 0 Å². The maximum Gasteiger partial charge on any atom is 0.162 e. The van der Waals surface area contributed by atoms with E-state index in [1.807, 2.05) is 51.1 Å². The first-order chi connectivity index (χ1) is 9.98. The smallest absolute Gasteiger partial charge is 0.162 e. The Balaban J connectivity index is 2.02. The summed E-state index contributed by atoms with van der Waals surface area (Å²) in [6.45, 7) is 6.20. The van der Waals surface area contributed by atoms with Crippen LogP contribution in [0, 0.1) is 5.41 Å². The van der Waals surface area contributed by atoms with Crippen molar-refractivity contribution >= 4 is 5.78 Å². The summed E-state index contributed by atoms with van der Waals surface area (Å²) in [4.78, 5) is 16.5. The van der Waals surface area contributed by atoms with Crippen molar-refractivity contribution in [3.05, 3.63) is 43.0 Å². The van der Waals surface area contributed by atoms with Crippen LogP contribution < -0.4 is 4.74 Å². The fourth-order valence-electron chi connectivity index (χ4n) is 2.07. The third kappa shape index (κ3) is 4.15. The van der Waals surface area contributed by atoms with Gasteiger partial charge in [0, 0.05) is 11.8 Å². The van der Waals surface area contributed by atoms with Gasteiger partial charge in [0.05, 0.1) is 6.61 Å². The molecule has 2 rings (SSSR count). The molecule has 0 fully saturated rings. The number of carbonyl (C=O) groups is 1. The van der Waals surface area contributed by atoms with Crippen molar-refractivity contribution in [3.63, 3.8) is 0 Å². The predicted octanol–water partition coefficient (Wildman–Crippen LogP) is 2.90. The summed E-state index contributed by atoms with van der Waals surface area (Å²) < 4.78 is 7.30. The van der Waals surface area contributed by atoms with Crippen LogP contribution in [-0.4, -0.2) is 27.2 Å². The van der Waals surface area contributed by atoms with Gasteiger partial charge in [-0.3, -0.25) is 4.79 Å². The number of rotatable bonds is 6. The highest BCUT2D eigenvalue weighted by Crippen LogP contribution is 2.25. The molecule has 0 saturated carbocycles. The summed E-state index contributed by atoms with van der Waals surface area (Å²) in [5.41, 5.74) is -0.427. The molecular weight excluding hydrogens is 266 g/mol. The SMILES string of the molecule is CC(C)(C)C(=O)C(CCOc1ccccc1)n1cncn1. The van der Waals surface area contributed by atoms with Crippen LogP contribution >= 0.6 is 0 Å². The first-order valence-electron chi connectivity index (χ1n) is 7.05. The first kappa shape index (κ1) is 15.2. The Hall–Kier alpha value is -2.17. The molecule has 1 atom stereocenters. The van der Waals surface area contributed by atoms with Crippen molar-refractivity contribution in [3.8, 4) is 5.75 Å². The molecule has 0 aliphatic heterocycles. The zero-order valence-electron chi connectivity index (χ0n) is 12.7. The van der Waals surface area contributed by atoms with Crippen LogP contribution in [0.3, 0.4) is 0 Å². The van der Waals surface area contributed by atoms with Crippen LogP contribution in [0.5, 0.6) is 5.75 Å². The summed E-state index contributed by atoms with van der Waals surface area (Å²) in [5, 5.41) is 4.11. The van der Waals surface area contributed by atoms with Gasteiger partial charge in [0.1, 0.15) is 24.4 Å². The quantitative estimate of drug-likeness (QED) is 0.819. The lowest BCUT2D eigenvalue weighted by Gasteiger charge is -2.24. The third-order valence-electron chi connectivity index (χ3n) is 3.20. The van der Waals surface area contributed by atoms with E-state index < -0.39 is 5.41 Å². The molecule has 0 spiro atoms. The van der Waals surface area contributed by atoms with E-state index in [1.54, 1.807) is 11.0 Å². The third-order valence-corrected chi connectivity index (χ3v) is 3.20. The maximum atomic E-state index is 12.6. The second-order valence-corrected chi connectivity index (χ2v) is 5.96. The summed E-state index contributed by atoms with van der Waals surface area (Å²) in [5.74, 6) is 0.933. The summed E-state index contributed by atoms with van der Waals surface area (Å²) in [7, 11) is 0. The van der Waals surface area contributed by atoms with E-state index in [0.717, 1.165) is 5.75 Å². The highest BCUT2D eigenvalue weighted by Gasteiger charge is 2.31. The molecule has 0 saturated heterocycles. The topological polar surface area (TPSA) is 57.0 Å². The van der Waals surface area contributed by atoms with Gasteiger partial charge in [-0.05, 0) is 12.1 Å². The minimum absolute atomic E-state index is 0.129. The summed E-state index contributed by atoms with van der Waals surface area (Å²) >= 11 is 0. The molecule has 5 nitrogen and oxygen atoms in total. The van der Waals surface area contributed by atoms with Crippen molar-refractivity contribution in [1.82, 2.24) is 14.8 Å². The molecule has 0 aliphatic carbocycles. The lowest BCUT2D eigenvalue weighted by Crippen LogP contribution is -2.32. The molecule has 21 heavy (non-hydrogen) atoms. The van der Waals surface area contributed by atoms with Crippen molar-refractivity contribution < 1.29 is 9.53 Å².